The first-order valence-electron chi connectivity index (χ1n) is 7.32. The number of aryl methyl sites for hydroxylation is 1. The number of aromatic amines is 1. The van der Waals surface area contributed by atoms with E-state index in [-0.39, 0.29) is 18.6 Å². The Labute approximate surface area is 134 Å². The lowest BCUT2D eigenvalue weighted by molar-refractivity contribution is -0.121. The molecule has 0 bridgehead atoms. The number of benzene rings is 1. The monoisotopic (exact) mass is 317 g/mol. The predicted octanol–water partition coefficient (Wildman–Crippen LogP) is 2.64. The molecule has 2 aromatic rings. The van der Waals surface area contributed by atoms with Crippen molar-refractivity contribution in [3.8, 4) is 5.75 Å². The third-order valence-electron chi connectivity index (χ3n) is 3.64. The van der Waals surface area contributed by atoms with E-state index in [0.717, 1.165) is 35.1 Å². The molecule has 1 atom stereocenters. The van der Waals surface area contributed by atoms with Gasteiger partial charge in [-0.15, -0.1) is 0 Å². The van der Waals surface area contributed by atoms with E-state index in [9.17, 15) is 4.79 Å². The average molecular weight is 317 g/mol. The summed E-state index contributed by atoms with van der Waals surface area (Å²) in [6.45, 7) is 2.03. The van der Waals surface area contributed by atoms with E-state index >= 15 is 0 Å². The van der Waals surface area contributed by atoms with Crippen LogP contribution in [0.1, 0.15) is 12.0 Å². The quantitative estimate of drug-likeness (QED) is 0.921. The summed E-state index contributed by atoms with van der Waals surface area (Å²) < 4.78 is 5.65. The number of carbonyl (C=O) groups is 1. The molecule has 1 aliphatic rings. The summed E-state index contributed by atoms with van der Waals surface area (Å²) in [4.78, 5) is 14.4. The molecule has 3 rings (SSSR count). The number of thioether (sulfide) groups is 1. The van der Waals surface area contributed by atoms with E-state index in [2.05, 4.69) is 10.2 Å². The first-order valence-corrected chi connectivity index (χ1v) is 8.48. The number of hydrogen-bond acceptors (Lipinski definition) is 4. The highest BCUT2D eigenvalue weighted by Crippen LogP contribution is 2.26. The van der Waals surface area contributed by atoms with Gasteiger partial charge in [-0.1, -0.05) is 12.1 Å². The number of aromatic nitrogens is 2. The molecule has 1 amide bonds. The number of hydrogen-bond donors (Lipinski definition) is 1. The fraction of sp³-hybridized carbons (Fsp3) is 0.375. The van der Waals surface area contributed by atoms with Gasteiger partial charge in [0.05, 0.1) is 6.20 Å². The third kappa shape index (κ3) is 3.44. The molecule has 2 heterocycles. The zero-order valence-electron chi connectivity index (χ0n) is 12.5. The number of ether oxygens (including phenoxy) is 1. The minimum atomic E-state index is -0.0433. The van der Waals surface area contributed by atoms with Crippen LogP contribution in [0.15, 0.2) is 36.5 Å². The van der Waals surface area contributed by atoms with Gasteiger partial charge in [-0.05, 0) is 36.8 Å². The summed E-state index contributed by atoms with van der Waals surface area (Å²) in [6, 6.07) is 9.76. The lowest BCUT2D eigenvalue weighted by Crippen LogP contribution is -2.43. The van der Waals surface area contributed by atoms with Gasteiger partial charge in [0, 0.05) is 17.9 Å². The van der Waals surface area contributed by atoms with Crippen molar-refractivity contribution < 1.29 is 9.53 Å². The van der Waals surface area contributed by atoms with Crippen molar-refractivity contribution in [2.75, 3.05) is 23.0 Å². The molecule has 0 saturated carbocycles. The Morgan fingerprint density at radius 3 is 3.09 bits per heavy atom. The summed E-state index contributed by atoms with van der Waals surface area (Å²) in [6.07, 6.45) is 2.67. The van der Waals surface area contributed by atoms with Crippen LogP contribution >= 0.6 is 11.8 Å². The second-order valence-corrected chi connectivity index (χ2v) is 6.48. The van der Waals surface area contributed by atoms with Crippen molar-refractivity contribution in [2.45, 2.75) is 19.4 Å². The number of rotatable bonds is 5. The second kappa shape index (κ2) is 6.87. The molecule has 0 spiro atoms. The fourth-order valence-electron chi connectivity index (χ4n) is 2.56. The van der Waals surface area contributed by atoms with E-state index in [0.29, 0.717) is 0 Å². The number of H-pyrrole nitrogens is 1. The smallest absolute Gasteiger partial charge is 0.266 e. The minimum Gasteiger partial charge on any atom is -0.484 e. The first kappa shape index (κ1) is 15.0. The van der Waals surface area contributed by atoms with Gasteiger partial charge in [-0.2, -0.15) is 16.9 Å². The van der Waals surface area contributed by atoms with Crippen LogP contribution < -0.4 is 9.64 Å². The minimum absolute atomic E-state index is 0.0314. The van der Waals surface area contributed by atoms with E-state index in [1.807, 2.05) is 49.0 Å². The van der Waals surface area contributed by atoms with Crippen molar-refractivity contribution in [1.82, 2.24) is 10.2 Å². The molecule has 22 heavy (non-hydrogen) atoms. The fourth-order valence-corrected chi connectivity index (χ4v) is 3.76. The molecule has 1 saturated heterocycles. The number of nitrogens with one attached hydrogen (secondary N) is 1. The highest BCUT2D eigenvalue weighted by Gasteiger charge is 2.29. The second-order valence-electron chi connectivity index (χ2n) is 5.33. The van der Waals surface area contributed by atoms with Crippen LogP contribution in [-0.4, -0.2) is 40.3 Å². The molecule has 6 heteroatoms. The van der Waals surface area contributed by atoms with E-state index in [1.54, 1.807) is 11.1 Å². The zero-order valence-corrected chi connectivity index (χ0v) is 13.3. The summed E-state index contributed by atoms with van der Waals surface area (Å²) in [5, 5.41) is 6.85. The van der Waals surface area contributed by atoms with Gasteiger partial charge < -0.3 is 4.74 Å². The Hall–Kier alpha value is -1.95. The molecule has 1 fully saturated rings. The van der Waals surface area contributed by atoms with Crippen LogP contribution in [0.3, 0.4) is 0 Å². The largest absolute Gasteiger partial charge is 0.484 e. The maximum Gasteiger partial charge on any atom is 0.266 e. The van der Waals surface area contributed by atoms with Crippen LogP contribution in [0.2, 0.25) is 0 Å². The standard InChI is InChI=1S/C16H19N3O2S/c1-12-3-2-4-14(9-12)21-10-16(20)19(13-6-8-22-11-13)15-5-7-17-18-15/h2-5,7,9,13H,6,8,10-11H2,1H3,(H,17,18). The zero-order chi connectivity index (χ0) is 15.4. The van der Waals surface area contributed by atoms with Crippen LogP contribution in [-0.2, 0) is 4.79 Å². The Balaban J connectivity index is 1.69. The van der Waals surface area contributed by atoms with Gasteiger partial charge in [-0.25, -0.2) is 0 Å². The van der Waals surface area contributed by atoms with Crippen LogP contribution in [0, 0.1) is 6.92 Å². The Bertz CT molecular complexity index is 624. The van der Waals surface area contributed by atoms with Crippen molar-refractivity contribution in [2.24, 2.45) is 0 Å². The molecular weight excluding hydrogens is 298 g/mol. The summed E-state index contributed by atoms with van der Waals surface area (Å²) in [7, 11) is 0. The van der Waals surface area contributed by atoms with Crippen molar-refractivity contribution >= 4 is 23.5 Å². The normalized spacial score (nSPS) is 17.4. The molecular formula is C16H19N3O2S. The van der Waals surface area contributed by atoms with Crippen molar-refractivity contribution in [3.05, 3.63) is 42.1 Å². The van der Waals surface area contributed by atoms with Crippen molar-refractivity contribution in [1.29, 1.82) is 0 Å². The average Bonchev–Trinajstić information content (AvgIpc) is 3.19. The van der Waals surface area contributed by atoms with Gasteiger partial charge in [-0.3, -0.25) is 14.8 Å². The Kier molecular flexibility index (Phi) is 4.68. The Morgan fingerprint density at radius 1 is 1.50 bits per heavy atom. The van der Waals surface area contributed by atoms with E-state index in [1.165, 1.54) is 0 Å². The lowest BCUT2D eigenvalue weighted by Gasteiger charge is -2.26. The highest BCUT2D eigenvalue weighted by molar-refractivity contribution is 7.99. The molecule has 1 aromatic heterocycles. The molecule has 5 nitrogen and oxygen atoms in total. The van der Waals surface area contributed by atoms with Crippen LogP contribution in [0.5, 0.6) is 5.75 Å². The molecule has 0 radical (unpaired) electrons. The SMILES string of the molecule is Cc1cccc(OCC(=O)N(c2ccn[nH]2)C2CCSC2)c1. The van der Waals surface area contributed by atoms with Gasteiger partial charge >= 0.3 is 0 Å². The van der Waals surface area contributed by atoms with Crippen LogP contribution in [0.25, 0.3) is 0 Å². The molecule has 1 aromatic carbocycles. The maximum atomic E-state index is 12.6. The number of nitrogens with zero attached hydrogens (tertiary/aromatic N) is 2. The molecule has 1 unspecified atom stereocenters. The summed E-state index contributed by atoms with van der Waals surface area (Å²) >= 11 is 1.87. The lowest BCUT2D eigenvalue weighted by atomic mass is 10.2. The highest BCUT2D eigenvalue weighted by atomic mass is 32.2. The van der Waals surface area contributed by atoms with E-state index in [4.69, 9.17) is 4.74 Å². The predicted molar refractivity (Wildman–Crippen MR) is 88.5 cm³/mol. The molecule has 1 aliphatic heterocycles. The number of amides is 1. The maximum absolute atomic E-state index is 12.6. The summed E-state index contributed by atoms with van der Waals surface area (Å²) in [5.41, 5.74) is 1.11. The topological polar surface area (TPSA) is 58.2 Å². The third-order valence-corrected chi connectivity index (χ3v) is 4.78. The van der Waals surface area contributed by atoms with Crippen molar-refractivity contribution in [3.63, 3.8) is 0 Å². The van der Waals surface area contributed by atoms with Gasteiger partial charge in [0.1, 0.15) is 11.6 Å². The first-order chi connectivity index (χ1) is 10.7. The number of carbonyl (C=O) groups excluding carboxylic acids is 1. The molecule has 116 valence electrons. The molecule has 1 N–H and O–H groups in total. The van der Waals surface area contributed by atoms with E-state index < -0.39 is 0 Å². The van der Waals surface area contributed by atoms with Gasteiger partial charge in [0.15, 0.2) is 6.61 Å². The number of anilines is 1. The summed E-state index contributed by atoms with van der Waals surface area (Å²) in [5.74, 6) is 3.46. The van der Waals surface area contributed by atoms with Gasteiger partial charge in [0.25, 0.3) is 5.91 Å². The van der Waals surface area contributed by atoms with Gasteiger partial charge in [0.2, 0.25) is 0 Å². The van der Waals surface area contributed by atoms with Crippen LogP contribution in [0.4, 0.5) is 5.82 Å². The Morgan fingerprint density at radius 2 is 2.41 bits per heavy atom. The molecule has 0 aliphatic carbocycles.